The Labute approximate surface area is 162 Å². The molecule has 0 saturated heterocycles. The van der Waals surface area contributed by atoms with Crippen LogP contribution in [-0.4, -0.2) is 9.97 Å². The van der Waals surface area contributed by atoms with Crippen LogP contribution in [0.1, 0.15) is 22.6 Å². The number of H-pyrrole nitrogens is 2. The minimum Gasteiger partial charge on any atom is -0.341 e. The van der Waals surface area contributed by atoms with Crippen molar-refractivity contribution in [3.63, 3.8) is 0 Å². The van der Waals surface area contributed by atoms with Gasteiger partial charge < -0.3 is 5.32 Å². The highest BCUT2D eigenvalue weighted by molar-refractivity contribution is 6.30. The molecule has 5 rings (SSSR count). The van der Waals surface area contributed by atoms with Gasteiger partial charge in [0.15, 0.2) is 0 Å². The predicted molar refractivity (Wildman–Crippen MR) is 107 cm³/mol. The molecule has 0 saturated carbocycles. The molecule has 3 aromatic carbocycles. The van der Waals surface area contributed by atoms with Crippen molar-refractivity contribution < 1.29 is 4.39 Å². The first kappa shape index (κ1) is 16.8. The first-order valence-electron chi connectivity index (χ1n) is 8.63. The van der Waals surface area contributed by atoms with Gasteiger partial charge in [-0.1, -0.05) is 48.0 Å². The zero-order valence-corrected chi connectivity index (χ0v) is 15.1. The van der Waals surface area contributed by atoms with E-state index in [1.165, 1.54) is 6.07 Å². The zero-order valence-electron chi connectivity index (χ0n) is 14.3. The van der Waals surface area contributed by atoms with E-state index in [9.17, 15) is 14.0 Å². The van der Waals surface area contributed by atoms with Crippen LogP contribution in [0.15, 0.2) is 64.2 Å². The normalized spacial score (nSPS) is 15.0. The number of hydrogen-bond donors (Lipinski definition) is 3. The molecule has 3 N–H and O–H groups in total. The third-order valence-corrected chi connectivity index (χ3v) is 5.30. The number of fused-ring (bicyclic) bond motifs is 4. The minimum atomic E-state index is -0.713. The van der Waals surface area contributed by atoms with Gasteiger partial charge in [0.05, 0.1) is 5.56 Å². The van der Waals surface area contributed by atoms with Crippen molar-refractivity contribution in [2.24, 2.45) is 0 Å². The minimum absolute atomic E-state index is 0.254. The lowest BCUT2D eigenvalue weighted by Gasteiger charge is -2.30. The zero-order chi connectivity index (χ0) is 19.4. The van der Waals surface area contributed by atoms with Crippen LogP contribution in [0.25, 0.3) is 10.8 Å². The third kappa shape index (κ3) is 2.46. The fourth-order valence-electron chi connectivity index (χ4n) is 3.91. The molecule has 4 aromatic rings. The smallest absolute Gasteiger partial charge is 0.327 e. The second-order valence-electron chi connectivity index (χ2n) is 6.67. The largest absolute Gasteiger partial charge is 0.341 e. The van der Waals surface area contributed by atoms with Gasteiger partial charge in [-0.3, -0.25) is 14.8 Å². The van der Waals surface area contributed by atoms with Crippen molar-refractivity contribution in [1.82, 2.24) is 9.97 Å². The monoisotopic (exact) mass is 393 g/mol. The summed E-state index contributed by atoms with van der Waals surface area (Å²) < 4.78 is 14.9. The average molecular weight is 394 g/mol. The fraction of sp³-hybridized carbons (Fsp3) is 0.0476. The van der Waals surface area contributed by atoms with E-state index in [1.54, 1.807) is 12.1 Å². The first-order valence-corrected chi connectivity index (χ1v) is 9.01. The number of aromatic amines is 2. The highest BCUT2D eigenvalue weighted by Gasteiger charge is 2.33. The van der Waals surface area contributed by atoms with E-state index in [-0.39, 0.29) is 16.4 Å². The Balaban J connectivity index is 1.93. The third-order valence-electron chi connectivity index (χ3n) is 5.06. The van der Waals surface area contributed by atoms with Crippen LogP contribution >= 0.6 is 11.6 Å². The van der Waals surface area contributed by atoms with E-state index in [0.29, 0.717) is 11.3 Å². The lowest BCUT2D eigenvalue weighted by molar-refractivity contribution is 0.606. The quantitative estimate of drug-likeness (QED) is 0.398. The van der Waals surface area contributed by atoms with Gasteiger partial charge >= 0.3 is 5.69 Å². The Morgan fingerprint density at radius 3 is 2.57 bits per heavy atom. The summed E-state index contributed by atoms with van der Waals surface area (Å²) in [6.45, 7) is 0. The van der Waals surface area contributed by atoms with Crippen LogP contribution in [-0.2, 0) is 0 Å². The molecule has 0 radical (unpaired) electrons. The average Bonchev–Trinajstić information content (AvgIpc) is 2.66. The molecule has 1 atom stereocenters. The SMILES string of the molecule is O=c1[nH]c2c(c(=O)[nH]1)[C@H](c1ccc(Cl)cc1F)c1c(ccc3ccccc13)N2. The summed E-state index contributed by atoms with van der Waals surface area (Å²) in [6, 6.07) is 15.9. The number of benzene rings is 3. The van der Waals surface area contributed by atoms with Gasteiger partial charge in [-0.25, -0.2) is 9.18 Å². The Morgan fingerprint density at radius 2 is 1.75 bits per heavy atom. The summed E-state index contributed by atoms with van der Waals surface area (Å²) in [5.41, 5.74) is 0.836. The van der Waals surface area contributed by atoms with E-state index >= 15 is 0 Å². The van der Waals surface area contributed by atoms with Gasteiger partial charge in [0.1, 0.15) is 11.6 Å². The molecule has 1 aliphatic rings. The molecule has 5 nitrogen and oxygen atoms in total. The molecule has 28 heavy (non-hydrogen) atoms. The number of rotatable bonds is 1. The first-order chi connectivity index (χ1) is 13.5. The molecule has 0 unspecified atom stereocenters. The molecule has 7 heteroatoms. The Kier molecular flexibility index (Phi) is 3.64. The molecule has 0 amide bonds. The summed E-state index contributed by atoms with van der Waals surface area (Å²) in [4.78, 5) is 29.4. The number of nitrogens with one attached hydrogen (secondary N) is 3. The molecular formula is C21H13ClFN3O2. The topological polar surface area (TPSA) is 77.8 Å². The van der Waals surface area contributed by atoms with Crippen molar-refractivity contribution in [3.05, 3.63) is 103 Å². The van der Waals surface area contributed by atoms with Gasteiger partial charge in [0.2, 0.25) is 0 Å². The summed E-state index contributed by atoms with van der Waals surface area (Å²) in [5, 5.41) is 5.24. The molecule has 0 bridgehead atoms. The molecule has 1 aromatic heterocycles. The molecular weight excluding hydrogens is 381 g/mol. The van der Waals surface area contributed by atoms with Crippen LogP contribution in [0.3, 0.4) is 0 Å². The van der Waals surface area contributed by atoms with Gasteiger partial charge in [-0.2, -0.15) is 0 Å². The van der Waals surface area contributed by atoms with Gasteiger partial charge in [0.25, 0.3) is 5.56 Å². The van der Waals surface area contributed by atoms with Crippen LogP contribution in [0, 0.1) is 5.82 Å². The van der Waals surface area contributed by atoms with E-state index in [2.05, 4.69) is 15.3 Å². The summed E-state index contributed by atoms with van der Waals surface area (Å²) in [5.74, 6) is -0.971. The molecule has 1 aliphatic heterocycles. The molecule has 2 heterocycles. The number of halogens is 2. The van der Waals surface area contributed by atoms with Crippen molar-refractivity contribution >= 4 is 33.9 Å². The second kappa shape index (κ2) is 6.07. The lowest BCUT2D eigenvalue weighted by atomic mass is 9.80. The van der Waals surface area contributed by atoms with Crippen LogP contribution in [0.4, 0.5) is 15.9 Å². The standard InChI is InChI=1S/C21H13ClFN3O2/c22-11-6-7-13(14(23)9-11)17-16-12-4-2-1-3-10(12)5-8-15(16)24-19-18(17)20(27)26-21(28)25-19/h1-9,17H,(H3,24,25,26,27,28)/t17-/m1/s1. The number of hydrogen-bond acceptors (Lipinski definition) is 3. The van der Waals surface area contributed by atoms with Crippen LogP contribution in [0.2, 0.25) is 5.02 Å². The molecule has 0 fully saturated rings. The van der Waals surface area contributed by atoms with Crippen LogP contribution in [0.5, 0.6) is 0 Å². The number of aromatic nitrogens is 2. The number of anilines is 2. The van der Waals surface area contributed by atoms with Crippen LogP contribution < -0.4 is 16.6 Å². The predicted octanol–water partition coefficient (Wildman–Crippen LogP) is 4.25. The van der Waals surface area contributed by atoms with E-state index in [1.807, 2.05) is 36.4 Å². The van der Waals surface area contributed by atoms with E-state index < -0.39 is 23.0 Å². The fourth-order valence-corrected chi connectivity index (χ4v) is 4.07. The van der Waals surface area contributed by atoms with Gasteiger partial charge in [-0.15, -0.1) is 0 Å². The highest BCUT2D eigenvalue weighted by atomic mass is 35.5. The maximum absolute atomic E-state index is 14.9. The van der Waals surface area contributed by atoms with E-state index in [4.69, 9.17) is 11.6 Å². The van der Waals surface area contributed by atoms with Crippen molar-refractivity contribution in [1.29, 1.82) is 0 Å². The van der Waals surface area contributed by atoms with E-state index in [0.717, 1.165) is 16.3 Å². The molecule has 0 aliphatic carbocycles. The maximum Gasteiger partial charge on any atom is 0.327 e. The van der Waals surface area contributed by atoms with Crippen molar-refractivity contribution in [2.45, 2.75) is 5.92 Å². The lowest BCUT2D eigenvalue weighted by Crippen LogP contribution is -2.32. The van der Waals surface area contributed by atoms with Crippen molar-refractivity contribution in [2.75, 3.05) is 5.32 Å². The highest BCUT2D eigenvalue weighted by Crippen LogP contribution is 2.46. The summed E-state index contributed by atoms with van der Waals surface area (Å²) in [7, 11) is 0. The van der Waals surface area contributed by atoms with Crippen molar-refractivity contribution in [3.8, 4) is 0 Å². The Bertz CT molecular complexity index is 1380. The summed E-state index contributed by atoms with van der Waals surface area (Å²) >= 11 is 5.94. The maximum atomic E-state index is 14.9. The van der Waals surface area contributed by atoms with Gasteiger partial charge in [0, 0.05) is 22.2 Å². The Hall–Kier alpha value is -3.38. The summed E-state index contributed by atoms with van der Waals surface area (Å²) in [6.07, 6.45) is 0. The molecule has 138 valence electrons. The Morgan fingerprint density at radius 1 is 0.929 bits per heavy atom. The van der Waals surface area contributed by atoms with Gasteiger partial charge in [-0.05, 0) is 34.5 Å². The molecule has 0 spiro atoms. The second-order valence-corrected chi connectivity index (χ2v) is 7.11.